The summed E-state index contributed by atoms with van der Waals surface area (Å²) >= 11 is 17.3. The lowest BCUT2D eigenvalue weighted by molar-refractivity contribution is -0.280. The first-order chi connectivity index (χ1) is 17.8. The first kappa shape index (κ1) is 29.9. The Bertz CT molecular complexity index is 1190. The topological polar surface area (TPSA) is 126 Å². The van der Waals surface area contributed by atoms with Crippen LogP contribution in [0.3, 0.4) is 0 Å². The third-order valence-corrected chi connectivity index (χ3v) is 6.00. The zero-order chi connectivity index (χ0) is 28.0. The Balaban J connectivity index is 1.96. The Morgan fingerprint density at radius 3 is 2.13 bits per heavy atom. The number of esters is 3. The molecule has 13 heteroatoms. The number of halogens is 3. The van der Waals surface area contributed by atoms with Crippen LogP contribution < -0.4 is 5.32 Å². The molecule has 5 atom stereocenters. The molecule has 2 aromatic rings. The highest BCUT2D eigenvalue weighted by Crippen LogP contribution is 2.31. The van der Waals surface area contributed by atoms with Gasteiger partial charge >= 0.3 is 17.9 Å². The van der Waals surface area contributed by atoms with Gasteiger partial charge in [-0.25, -0.2) is 0 Å². The van der Waals surface area contributed by atoms with Gasteiger partial charge in [-0.2, -0.15) is 0 Å². The molecule has 2 aromatic carbocycles. The molecule has 1 heterocycles. The number of carbonyl (C=O) groups is 4. The highest BCUT2D eigenvalue weighted by Gasteiger charge is 2.52. The molecule has 1 amide bonds. The smallest absolute Gasteiger partial charge is 0.303 e. The van der Waals surface area contributed by atoms with E-state index in [0.29, 0.717) is 0 Å². The van der Waals surface area contributed by atoms with E-state index in [9.17, 15) is 19.2 Å². The Hall–Kier alpha value is -2.63. The standard InChI is InChI=1S/C25H26Cl3NO9/c1-13(30)34-12-19-21(36-14(2)31)22(37-15(3)32)20(29-24(33)25(26,27)28)23(38-19)35-11-16-8-9-17-6-4-5-7-18(17)10-16/h4-10,19-23H,11-12H2,1-3H3,(H,29,33)/t19-,20-,21-,22+,23+/m1/s1. The molecule has 1 fully saturated rings. The van der Waals surface area contributed by atoms with Crippen molar-refractivity contribution in [1.29, 1.82) is 0 Å². The van der Waals surface area contributed by atoms with E-state index in [1.807, 2.05) is 42.5 Å². The normalized spacial score (nSPS) is 23.4. The van der Waals surface area contributed by atoms with Gasteiger partial charge in [0.2, 0.25) is 0 Å². The van der Waals surface area contributed by atoms with Crippen LogP contribution in [0.2, 0.25) is 0 Å². The third-order valence-electron chi connectivity index (χ3n) is 5.48. The Labute approximate surface area is 233 Å². The van der Waals surface area contributed by atoms with Crippen LogP contribution in [0.5, 0.6) is 0 Å². The van der Waals surface area contributed by atoms with Gasteiger partial charge in [0.15, 0.2) is 18.5 Å². The van der Waals surface area contributed by atoms with Crippen LogP contribution >= 0.6 is 34.8 Å². The van der Waals surface area contributed by atoms with Crippen molar-refractivity contribution in [3.8, 4) is 0 Å². The van der Waals surface area contributed by atoms with Crippen molar-refractivity contribution >= 4 is 69.4 Å². The minimum Gasteiger partial charge on any atom is -0.463 e. The molecule has 0 aromatic heterocycles. The summed E-state index contributed by atoms with van der Waals surface area (Å²) in [6.07, 6.45) is -5.11. The third kappa shape index (κ3) is 8.18. The predicted octanol–water partition coefficient (Wildman–Crippen LogP) is 3.36. The molecule has 3 rings (SSSR count). The zero-order valence-electron chi connectivity index (χ0n) is 20.7. The van der Waals surface area contributed by atoms with Gasteiger partial charge in [-0.05, 0) is 22.4 Å². The fraction of sp³-hybridized carbons (Fsp3) is 0.440. The van der Waals surface area contributed by atoms with E-state index in [1.54, 1.807) is 0 Å². The lowest BCUT2D eigenvalue weighted by Crippen LogP contribution is -2.67. The predicted molar refractivity (Wildman–Crippen MR) is 137 cm³/mol. The molecule has 1 N–H and O–H groups in total. The van der Waals surface area contributed by atoms with E-state index in [2.05, 4.69) is 5.32 Å². The minimum atomic E-state index is -2.38. The fourth-order valence-corrected chi connectivity index (χ4v) is 4.10. The lowest BCUT2D eigenvalue weighted by atomic mass is 9.96. The summed E-state index contributed by atoms with van der Waals surface area (Å²) in [4.78, 5) is 48.1. The second kappa shape index (κ2) is 12.9. The van der Waals surface area contributed by atoms with Crippen LogP contribution in [0.25, 0.3) is 10.8 Å². The van der Waals surface area contributed by atoms with Gasteiger partial charge < -0.3 is 29.0 Å². The van der Waals surface area contributed by atoms with Crippen molar-refractivity contribution in [2.75, 3.05) is 6.61 Å². The molecule has 0 spiro atoms. The first-order valence-electron chi connectivity index (χ1n) is 11.5. The number of nitrogens with one attached hydrogen (secondary N) is 1. The van der Waals surface area contributed by atoms with Gasteiger partial charge in [-0.3, -0.25) is 19.2 Å². The average Bonchev–Trinajstić information content (AvgIpc) is 2.83. The van der Waals surface area contributed by atoms with Gasteiger partial charge in [-0.1, -0.05) is 71.2 Å². The van der Waals surface area contributed by atoms with Gasteiger partial charge in [-0.15, -0.1) is 0 Å². The van der Waals surface area contributed by atoms with E-state index in [-0.39, 0.29) is 13.2 Å². The molecule has 1 aliphatic rings. The summed E-state index contributed by atoms with van der Waals surface area (Å²) < 4.78 is 25.5. The number of hydrogen-bond donors (Lipinski definition) is 1. The summed E-state index contributed by atoms with van der Waals surface area (Å²) in [5.41, 5.74) is 0.765. The van der Waals surface area contributed by atoms with Gasteiger partial charge in [0, 0.05) is 20.8 Å². The fourth-order valence-electron chi connectivity index (χ4n) is 3.94. The van der Waals surface area contributed by atoms with Crippen molar-refractivity contribution < 1.29 is 42.9 Å². The molecule has 0 saturated carbocycles. The zero-order valence-corrected chi connectivity index (χ0v) is 22.9. The number of hydrogen-bond acceptors (Lipinski definition) is 9. The number of ether oxygens (including phenoxy) is 5. The molecule has 0 unspecified atom stereocenters. The maximum Gasteiger partial charge on any atom is 0.303 e. The summed E-state index contributed by atoms with van der Waals surface area (Å²) in [5, 5.41) is 4.46. The summed E-state index contributed by atoms with van der Waals surface area (Å²) in [5.74, 6) is -3.20. The van der Waals surface area contributed by atoms with Crippen molar-refractivity contribution in [3.63, 3.8) is 0 Å². The summed E-state index contributed by atoms with van der Waals surface area (Å²) in [7, 11) is 0. The molecule has 206 valence electrons. The largest absolute Gasteiger partial charge is 0.463 e. The van der Waals surface area contributed by atoms with Gasteiger partial charge in [0.05, 0.1) is 6.61 Å². The molecular formula is C25H26Cl3NO9. The highest BCUT2D eigenvalue weighted by atomic mass is 35.6. The van der Waals surface area contributed by atoms with Crippen LogP contribution in [0.4, 0.5) is 0 Å². The van der Waals surface area contributed by atoms with Crippen molar-refractivity contribution in [1.82, 2.24) is 5.32 Å². The van der Waals surface area contributed by atoms with Crippen molar-refractivity contribution in [2.45, 2.75) is 61.8 Å². The van der Waals surface area contributed by atoms with Gasteiger partial charge in [0.25, 0.3) is 9.70 Å². The van der Waals surface area contributed by atoms with Crippen LogP contribution in [-0.4, -0.2) is 64.9 Å². The maximum absolute atomic E-state index is 12.6. The molecule has 38 heavy (non-hydrogen) atoms. The summed E-state index contributed by atoms with van der Waals surface area (Å²) in [6.45, 7) is 3.07. The maximum atomic E-state index is 12.6. The number of benzene rings is 2. The number of amides is 1. The van der Waals surface area contributed by atoms with Crippen LogP contribution in [0, 0.1) is 0 Å². The van der Waals surface area contributed by atoms with E-state index in [1.165, 1.54) is 6.92 Å². The molecule has 0 aliphatic carbocycles. The number of rotatable bonds is 8. The highest BCUT2D eigenvalue weighted by molar-refractivity contribution is 6.76. The number of fused-ring (bicyclic) bond motifs is 1. The van der Waals surface area contributed by atoms with Crippen LogP contribution in [-0.2, 0) is 49.5 Å². The van der Waals surface area contributed by atoms with E-state index in [4.69, 9.17) is 58.5 Å². The van der Waals surface area contributed by atoms with Crippen LogP contribution in [0.15, 0.2) is 42.5 Å². The minimum absolute atomic E-state index is 0.000941. The molecule has 10 nitrogen and oxygen atoms in total. The quantitative estimate of drug-likeness (QED) is 0.280. The lowest BCUT2D eigenvalue weighted by Gasteiger charge is -2.45. The van der Waals surface area contributed by atoms with Crippen LogP contribution in [0.1, 0.15) is 26.3 Å². The van der Waals surface area contributed by atoms with Crippen molar-refractivity contribution in [3.05, 3.63) is 48.0 Å². The van der Waals surface area contributed by atoms with Gasteiger partial charge in [0.1, 0.15) is 18.8 Å². The Kier molecular flexibility index (Phi) is 10.2. The number of alkyl halides is 3. The molecule has 1 saturated heterocycles. The van der Waals surface area contributed by atoms with Crippen molar-refractivity contribution in [2.24, 2.45) is 0 Å². The Morgan fingerprint density at radius 1 is 0.895 bits per heavy atom. The SMILES string of the molecule is CC(=O)OC[C@H]1O[C@H](OCc2ccc3ccccc3c2)[C@H](NC(=O)C(Cl)(Cl)Cl)[C@H](OC(C)=O)[C@@H]1OC(C)=O. The van der Waals surface area contributed by atoms with E-state index < -0.39 is 58.3 Å². The van der Waals surface area contributed by atoms with E-state index >= 15 is 0 Å². The average molecular weight is 591 g/mol. The molecular weight excluding hydrogens is 565 g/mol. The Morgan fingerprint density at radius 2 is 1.53 bits per heavy atom. The summed E-state index contributed by atoms with van der Waals surface area (Å²) in [6, 6.07) is 12.1. The second-order valence-electron chi connectivity index (χ2n) is 8.48. The monoisotopic (exact) mass is 589 g/mol. The van der Waals surface area contributed by atoms with E-state index in [0.717, 1.165) is 30.2 Å². The molecule has 0 bridgehead atoms. The first-order valence-corrected chi connectivity index (χ1v) is 12.6. The second-order valence-corrected chi connectivity index (χ2v) is 10.8. The number of carbonyl (C=O) groups excluding carboxylic acids is 4. The molecule has 0 radical (unpaired) electrons. The molecule has 1 aliphatic heterocycles.